The topological polar surface area (TPSA) is 46.3 Å². The van der Waals surface area contributed by atoms with Gasteiger partial charge in [0, 0.05) is 42.4 Å². The molecule has 1 amide bonds. The van der Waals surface area contributed by atoms with Crippen LogP contribution in [-0.2, 0) is 0 Å². The van der Waals surface area contributed by atoms with E-state index in [1.54, 1.807) is 12.4 Å². The summed E-state index contributed by atoms with van der Waals surface area (Å²) in [6.45, 7) is 5.44. The average Bonchev–Trinajstić information content (AvgIpc) is 2.83. The number of likely N-dealkylation sites (tertiary alicyclic amines) is 1. The Balaban J connectivity index is 1.56. The van der Waals surface area contributed by atoms with Crippen molar-refractivity contribution in [1.29, 1.82) is 0 Å². The third kappa shape index (κ3) is 2.31. The minimum atomic E-state index is -0.0124. The summed E-state index contributed by atoms with van der Waals surface area (Å²) in [6, 6.07) is 10.1. The van der Waals surface area contributed by atoms with Crippen LogP contribution in [0.5, 0.6) is 0 Å². The summed E-state index contributed by atoms with van der Waals surface area (Å²) >= 11 is 0. The number of amides is 1. The number of hydrogen-bond acceptors (Lipinski definition) is 3. The number of pyridine rings is 1. The van der Waals surface area contributed by atoms with Gasteiger partial charge in [-0.05, 0) is 43.2 Å². The lowest BCUT2D eigenvalue weighted by Gasteiger charge is -2.39. The normalized spacial score (nSPS) is 15.0. The van der Waals surface area contributed by atoms with Gasteiger partial charge in [-0.3, -0.25) is 9.78 Å². The number of benzene rings is 1. The number of hydrogen-bond donors (Lipinski definition) is 0. The molecule has 1 fully saturated rings. The van der Waals surface area contributed by atoms with E-state index in [1.807, 2.05) is 49.1 Å². The Bertz CT molecular complexity index is 877. The number of furan rings is 1. The van der Waals surface area contributed by atoms with Crippen LogP contribution in [0.4, 0.5) is 0 Å². The van der Waals surface area contributed by atoms with Crippen LogP contribution in [0.3, 0.4) is 0 Å². The van der Waals surface area contributed by atoms with Gasteiger partial charge in [-0.2, -0.15) is 0 Å². The molecule has 0 unspecified atom stereocenters. The number of rotatable bonds is 2. The molecule has 4 heteroatoms. The van der Waals surface area contributed by atoms with Gasteiger partial charge in [0.05, 0.1) is 0 Å². The van der Waals surface area contributed by atoms with E-state index in [0.717, 1.165) is 35.2 Å². The van der Waals surface area contributed by atoms with Crippen LogP contribution in [-0.4, -0.2) is 28.9 Å². The molecule has 1 aromatic carbocycles. The van der Waals surface area contributed by atoms with Crippen LogP contribution in [0.2, 0.25) is 0 Å². The number of aryl methyl sites for hydroxylation is 2. The van der Waals surface area contributed by atoms with E-state index >= 15 is 0 Å². The van der Waals surface area contributed by atoms with Crippen LogP contribution in [0, 0.1) is 13.8 Å². The standard InChI is InChI=1S/C19H18N2O2/c1-12-3-4-16-13(2)18(23-17(16)9-12)19(22)21-10-15(11-21)14-5-7-20-8-6-14/h3-9,15H,10-11H2,1-2H3. The fraction of sp³-hybridized carbons (Fsp3) is 0.263. The summed E-state index contributed by atoms with van der Waals surface area (Å²) < 4.78 is 5.84. The number of carbonyl (C=O) groups is 1. The number of aromatic nitrogens is 1. The minimum Gasteiger partial charge on any atom is -0.451 e. The van der Waals surface area contributed by atoms with Gasteiger partial charge in [0.25, 0.3) is 5.91 Å². The predicted octanol–water partition coefficient (Wildman–Crippen LogP) is 3.68. The molecule has 1 aliphatic rings. The molecule has 0 N–H and O–H groups in total. The predicted molar refractivity (Wildman–Crippen MR) is 88.6 cm³/mol. The Hall–Kier alpha value is -2.62. The molecule has 23 heavy (non-hydrogen) atoms. The number of fused-ring (bicyclic) bond motifs is 1. The Morgan fingerprint density at radius 1 is 1.17 bits per heavy atom. The second kappa shape index (κ2) is 5.23. The molecule has 116 valence electrons. The summed E-state index contributed by atoms with van der Waals surface area (Å²) in [6.07, 6.45) is 3.59. The maximum atomic E-state index is 12.7. The molecular formula is C19H18N2O2. The quantitative estimate of drug-likeness (QED) is 0.725. The molecule has 0 spiro atoms. The molecule has 0 aliphatic carbocycles. The van der Waals surface area contributed by atoms with Gasteiger partial charge < -0.3 is 9.32 Å². The molecule has 4 rings (SSSR count). The van der Waals surface area contributed by atoms with E-state index in [-0.39, 0.29) is 5.91 Å². The highest BCUT2D eigenvalue weighted by Crippen LogP contribution is 2.31. The molecule has 4 nitrogen and oxygen atoms in total. The fourth-order valence-corrected chi connectivity index (χ4v) is 3.17. The lowest BCUT2D eigenvalue weighted by Crippen LogP contribution is -2.48. The lowest BCUT2D eigenvalue weighted by atomic mass is 9.92. The van der Waals surface area contributed by atoms with Gasteiger partial charge in [-0.25, -0.2) is 0 Å². The van der Waals surface area contributed by atoms with Crippen LogP contribution in [0.1, 0.15) is 33.2 Å². The van der Waals surface area contributed by atoms with Gasteiger partial charge in [-0.15, -0.1) is 0 Å². The van der Waals surface area contributed by atoms with Gasteiger partial charge in [-0.1, -0.05) is 12.1 Å². The van der Waals surface area contributed by atoms with E-state index in [2.05, 4.69) is 4.98 Å². The third-order valence-electron chi connectivity index (χ3n) is 4.63. The van der Waals surface area contributed by atoms with E-state index in [0.29, 0.717) is 11.7 Å². The highest BCUT2D eigenvalue weighted by Gasteiger charge is 2.34. The smallest absolute Gasteiger partial charge is 0.289 e. The van der Waals surface area contributed by atoms with Crippen molar-refractivity contribution in [2.24, 2.45) is 0 Å². The number of carbonyl (C=O) groups excluding carboxylic acids is 1. The van der Waals surface area contributed by atoms with Crippen molar-refractivity contribution in [2.75, 3.05) is 13.1 Å². The monoisotopic (exact) mass is 306 g/mol. The largest absolute Gasteiger partial charge is 0.451 e. The highest BCUT2D eigenvalue weighted by atomic mass is 16.3. The molecule has 3 aromatic rings. The number of nitrogens with zero attached hydrogens (tertiary/aromatic N) is 2. The average molecular weight is 306 g/mol. The zero-order valence-electron chi connectivity index (χ0n) is 13.2. The van der Waals surface area contributed by atoms with Crippen molar-refractivity contribution in [2.45, 2.75) is 19.8 Å². The van der Waals surface area contributed by atoms with Crippen molar-refractivity contribution < 1.29 is 9.21 Å². The first-order chi connectivity index (χ1) is 11.1. The van der Waals surface area contributed by atoms with Crippen molar-refractivity contribution in [3.63, 3.8) is 0 Å². The molecule has 2 aromatic heterocycles. The van der Waals surface area contributed by atoms with Gasteiger partial charge in [0.15, 0.2) is 5.76 Å². The van der Waals surface area contributed by atoms with Crippen LogP contribution < -0.4 is 0 Å². The Morgan fingerprint density at radius 3 is 2.65 bits per heavy atom. The second-order valence-electron chi connectivity index (χ2n) is 6.24. The summed E-state index contributed by atoms with van der Waals surface area (Å²) in [4.78, 5) is 18.6. The first-order valence-corrected chi connectivity index (χ1v) is 7.82. The van der Waals surface area contributed by atoms with E-state index in [1.165, 1.54) is 5.56 Å². The maximum absolute atomic E-state index is 12.7. The Kier molecular flexibility index (Phi) is 3.18. The zero-order valence-corrected chi connectivity index (χ0v) is 13.2. The van der Waals surface area contributed by atoms with Gasteiger partial charge in [0.1, 0.15) is 5.58 Å². The molecule has 1 saturated heterocycles. The maximum Gasteiger partial charge on any atom is 0.289 e. The molecule has 0 radical (unpaired) electrons. The fourth-order valence-electron chi connectivity index (χ4n) is 3.17. The van der Waals surface area contributed by atoms with Crippen molar-refractivity contribution in [1.82, 2.24) is 9.88 Å². The molecule has 0 atom stereocenters. The van der Waals surface area contributed by atoms with Crippen LogP contribution >= 0.6 is 0 Å². The van der Waals surface area contributed by atoms with Crippen LogP contribution in [0.25, 0.3) is 11.0 Å². The first kappa shape index (κ1) is 14.0. The minimum absolute atomic E-state index is 0.0124. The Labute approximate surface area is 134 Å². The molecular weight excluding hydrogens is 288 g/mol. The summed E-state index contributed by atoms with van der Waals surface area (Å²) in [5.74, 6) is 0.856. The Morgan fingerprint density at radius 2 is 1.91 bits per heavy atom. The summed E-state index contributed by atoms with van der Waals surface area (Å²) in [5.41, 5.74) is 4.09. The summed E-state index contributed by atoms with van der Waals surface area (Å²) in [5, 5.41) is 1.02. The van der Waals surface area contributed by atoms with Crippen molar-refractivity contribution in [3.05, 3.63) is 65.2 Å². The van der Waals surface area contributed by atoms with Crippen molar-refractivity contribution in [3.8, 4) is 0 Å². The van der Waals surface area contributed by atoms with Gasteiger partial charge >= 0.3 is 0 Å². The van der Waals surface area contributed by atoms with Crippen LogP contribution in [0.15, 0.2) is 47.1 Å². The molecule has 0 bridgehead atoms. The third-order valence-corrected chi connectivity index (χ3v) is 4.63. The SMILES string of the molecule is Cc1ccc2c(C)c(C(=O)N3CC(c4ccncc4)C3)oc2c1. The van der Waals surface area contributed by atoms with E-state index < -0.39 is 0 Å². The first-order valence-electron chi connectivity index (χ1n) is 7.82. The zero-order chi connectivity index (χ0) is 16.0. The molecule has 3 heterocycles. The highest BCUT2D eigenvalue weighted by molar-refractivity contribution is 5.99. The van der Waals surface area contributed by atoms with Gasteiger partial charge in [0.2, 0.25) is 0 Å². The molecule has 0 saturated carbocycles. The molecule has 1 aliphatic heterocycles. The lowest BCUT2D eigenvalue weighted by molar-refractivity contribution is 0.0571. The van der Waals surface area contributed by atoms with E-state index in [4.69, 9.17) is 4.42 Å². The summed E-state index contributed by atoms with van der Waals surface area (Å²) in [7, 11) is 0. The second-order valence-corrected chi connectivity index (χ2v) is 6.24. The van der Waals surface area contributed by atoms with E-state index in [9.17, 15) is 4.79 Å². The van der Waals surface area contributed by atoms with Crippen molar-refractivity contribution >= 4 is 16.9 Å².